The molecule has 0 radical (unpaired) electrons. The van der Waals surface area contributed by atoms with Crippen LogP contribution in [0.2, 0.25) is 0 Å². The van der Waals surface area contributed by atoms with Crippen LogP contribution >= 0.6 is 0 Å². The molecule has 1 aromatic carbocycles. The van der Waals surface area contributed by atoms with Crippen molar-refractivity contribution in [2.75, 3.05) is 13.7 Å². The third-order valence-corrected chi connectivity index (χ3v) is 4.24. The van der Waals surface area contributed by atoms with E-state index in [0.29, 0.717) is 12.0 Å². The molecule has 0 unspecified atom stereocenters. The first-order chi connectivity index (χ1) is 9.69. The Balaban J connectivity index is 1.82. The molecular weight excluding hydrogens is 254 g/mol. The molecule has 2 atom stereocenters. The molecule has 108 valence electrons. The third kappa shape index (κ3) is 2.66. The van der Waals surface area contributed by atoms with Crippen LogP contribution in [0.3, 0.4) is 0 Å². The zero-order valence-electron chi connectivity index (χ0n) is 12.0. The zero-order valence-corrected chi connectivity index (χ0v) is 12.0. The van der Waals surface area contributed by atoms with E-state index in [4.69, 9.17) is 9.47 Å². The first kappa shape index (κ1) is 13.4. The summed E-state index contributed by atoms with van der Waals surface area (Å²) in [7, 11) is 1.44. The number of esters is 1. The molecular formula is C16H21NO3. The van der Waals surface area contributed by atoms with E-state index in [2.05, 4.69) is 18.3 Å². The van der Waals surface area contributed by atoms with Gasteiger partial charge in [-0.1, -0.05) is 6.07 Å². The highest BCUT2D eigenvalue weighted by molar-refractivity contribution is 5.77. The fourth-order valence-electron chi connectivity index (χ4n) is 2.80. The van der Waals surface area contributed by atoms with Crippen molar-refractivity contribution in [2.24, 2.45) is 5.92 Å². The highest BCUT2D eigenvalue weighted by atomic mass is 16.5. The quantitative estimate of drug-likeness (QED) is 0.837. The average molecular weight is 275 g/mol. The molecule has 2 aliphatic rings. The third-order valence-electron chi connectivity index (χ3n) is 4.24. The predicted octanol–water partition coefficient (Wildman–Crippen LogP) is 2.22. The molecule has 20 heavy (non-hydrogen) atoms. The molecule has 0 aromatic heterocycles. The second kappa shape index (κ2) is 5.44. The lowest BCUT2D eigenvalue weighted by Crippen LogP contribution is -2.37. The molecule has 1 aliphatic heterocycles. The maximum atomic E-state index is 12.1. The molecule has 1 saturated carbocycles. The zero-order chi connectivity index (χ0) is 14.1. The van der Waals surface area contributed by atoms with E-state index in [0.717, 1.165) is 24.3 Å². The van der Waals surface area contributed by atoms with Crippen molar-refractivity contribution in [3.63, 3.8) is 0 Å². The van der Waals surface area contributed by atoms with Crippen LogP contribution in [0.25, 0.3) is 0 Å². The van der Waals surface area contributed by atoms with Crippen molar-refractivity contribution in [3.8, 4) is 5.75 Å². The van der Waals surface area contributed by atoms with Crippen LogP contribution in [0.1, 0.15) is 36.9 Å². The largest absolute Gasteiger partial charge is 0.493 e. The summed E-state index contributed by atoms with van der Waals surface area (Å²) in [6, 6.07) is 5.93. The maximum Gasteiger partial charge on any atom is 0.327 e. The Morgan fingerprint density at radius 1 is 1.45 bits per heavy atom. The van der Waals surface area contributed by atoms with Crippen molar-refractivity contribution in [2.45, 2.75) is 38.3 Å². The van der Waals surface area contributed by atoms with Crippen LogP contribution in [-0.2, 0) is 16.0 Å². The molecule has 4 heteroatoms. The van der Waals surface area contributed by atoms with Gasteiger partial charge in [-0.2, -0.15) is 0 Å². The molecule has 1 aliphatic carbocycles. The number of methoxy groups -OCH3 is 1. The van der Waals surface area contributed by atoms with Crippen molar-refractivity contribution >= 4 is 5.97 Å². The smallest absolute Gasteiger partial charge is 0.327 e. The van der Waals surface area contributed by atoms with E-state index >= 15 is 0 Å². The number of benzene rings is 1. The second-order valence-electron chi connectivity index (χ2n) is 5.71. The first-order valence-corrected chi connectivity index (χ1v) is 7.28. The lowest BCUT2D eigenvalue weighted by Gasteiger charge is -2.22. The molecule has 4 nitrogen and oxygen atoms in total. The van der Waals surface area contributed by atoms with Gasteiger partial charge in [0.05, 0.1) is 13.7 Å². The van der Waals surface area contributed by atoms with Gasteiger partial charge in [-0.05, 0) is 48.9 Å². The summed E-state index contributed by atoms with van der Waals surface area (Å²) >= 11 is 0. The Kier molecular flexibility index (Phi) is 3.66. The molecule has 0 saturated heterocycles. The Morgan fingerprint density at radius 3 is 2.95 bits per heavy atom. The van der Waals surface area contributed by atoms with E-state index in [1.54, 1.807) is 0 Å². The molecule has 0 bridgehead atoms. The minimum Gasteiger partial charge on any atom is -0.493 e. The molecule has 1 aromatic rings. The topological polar surface area (TPSA) is 47.6 Å². The fraction of sp³-hybridized carbons (Fsp3) is 0.562. The normalized spacial score (nSPS) is 19.9. The Hall–Kier alpha value is -1.55. The van der Waals surface area contributed by atoms with E-state index < -0.39 is 0 Å². The summed E-state index contributed by atoms with van der Waals surface area (Å²) in [5.41, 5.74) is 2.14. The van der Waals surface area contributed by atoms with Gasteiger partial charge < -0.3 is 9.47 Å². The van der Waals surface area contributed by atoms with Crippen LogP contribution in [0.4, 0.5) is 0 Å². The van der Waals surface area contributed by atoms with E-state index in [-0.39, 0.29) is 12.0 Å². The van der Waals surface area contributed by atoms with Gasteiger partial charge in [-0.3, -0.25) is 5.32 Å². The lowest BCUT2D eigenvalue weighted by atomic mass is 10.0. The van der Waals surface area contributed by atoms with Gasteiger partial charge in [0, 0.05) is 12.5 Å². The number of fused-ring (bicyclic) bond motifs is 1. The van der Waals surface area contributed by atoms with Crippen molar-refractivity contribution in [3.05, 3.63) is 29.3 Å². The lowest BCUT2D eigenvalue weighted by molar-refractivity contribution is -0.143. The monoisotopic (exact) mass is 275 g/mol. The Labute approximate surface area is 119 Å². The second-order valence-corrected chi connectivity index (χ2v) is 5.71. The summed E-state index contributed by atoms with van der Waals surface area (Å²) in [6.45, 7) is 2.87. The van der Waals surface area contributed by atoms with Gasteiger partial charge in [0.1, 0.15) is 11.8 Å². The summed E-state index contributed by atoms with van der Waals surface area (Å²) in [6.07, 6.45) is 3.41. The standard InChI is InChI=1S/C16H21NO3/c1-10(11-3-4-11)17-15(16(18)19-2)13-5-6-14-12(9-13)7-8-20-14/h5-6,9-11,15,17H,3-4,7-8H2,1-2H3/t10-,15-/m0/s1. The van der Waals surface area contributed by atoms with Crippen molar-refractivity contribution in [1.29, 1.82) is 0 Å². The average Bonchev–Trinajstić information content (AvgIpc) is 3.21. The Bertz CT molecular complexity index is 510. The molecule has 1 fully saturated rings. The van der Waals surface area contributed by atoms with E-state index in [1.807, 2.05) is 12.1 Å². The molecule has 1 N–H and O–H groups in total. The number of hydrogen-bond acceptors (Lipinski definition) is 4. The van der Waals surface area contributed by atoms with Gasteiger partial charge in [0.2, 0.25) is 0 Å². The number of carbonyl (C=O) groups excluding carboxylic acids is 1. The number of rotatable bonds is 5. The molecule has 3 rings (SSSR count). The summed E-state index contributed by atoms with van der Waals surface area (Å²) in [4.78, 5) is 12.1. The van der Waals surface area contributed by atoms with Crippen molar-refractivity contribution < 1.29 is 14.3 Å². The van der Waals surface area contributed by atoms with Gasteiger partial charge >= 0.3 is 5.97 Å². The molecule has 1 heterocycles. The summed E-state index contributed by atoms with van der Waals surface area (Å²) in [5, 5.41) is 3.42. The predicted molar refractivity (Wildman–Crippen MR) is 75.7 cm³/mol. The number of hydrogen-bond donors (Lipinski definition) is 1. The molecule has 0 spiro atoms. The van der Waals surface area contributed by atoms with Gasteiger partial charge in [0.15, 0.2) is 0 Å². The summed E-state index contributed by atoms with van der Waals surface area (Å²) in [5.74, 6) is 1.41. The maximum absolute atomic E-state index is 12.1. The first-order valence-electron chi connectivity index (χ1n) is 7.28. The van der Waals surface area contributed by atoms with Gasteiger partial charge in [0.25, 0.3) is 0 Å². The van der Waals surface area contributed by atoms with Gasteiger partial charge in [-0.15, -0.1) is 0 Å². The number of nitrogens with one attached hydrogen (secondary N) is 1. The SMILES string of the molecule is COC(=O)[C@@H](N[C@@H](C)C1CC1)c1ccc2c(c1)CCO2. The van der Waals surface area contributed by atoms with E-state index in [1.165, 1.54) is 25.5 Å². The van der Waals surface area contributed by atoms with Crippen molar-refractivity contribution in [1.82, 2.24) is 5.32 Å². The highest BCUT2D eigenvalue weighted by Crippen LogP contribution is 2.34. The van der Waals surface area contributed by atoms with E-state index in [9.17, 15) is 4.79 Å². The number of carbonyl (C=O) groups is 1. The van der Waals surface area contributed by atoms with Crippen LogP contribution in [-0.4, -0.2) is 25.7 Å². The van der Waals surface area contributed by atoms with Crippen LogP contribution in [0.15, 0.2) is 18.2 Å². The Morgan fingerprint density at radius 2 is 2.25 bits per heavy atom. The van der Waals surface area contributed by atoms with Crippen LogP contribution in [0, 0.1) is 5.92 Å². The minimum absolute atomic E-state index is 0.226. The fourth-order valence-corrected chi connectivity index (χ4v) is 2.80. The molecule has 0 amide bonds. The minimum atomic E-state index is -0.388. The van der Waals surface area contributed by atoms with Crippen LogP contribution < -0.4 is 10.1 Å². The number of ether oxygens (including phenoxy) is 2. The highest BCUT2D eigenvalue weighted by Gasteiger charge is 2.32. The van der Waals surface area contributed by atoms with Crippen LogP contribution in [0.5, 0.6) is 5.75 Å². The summed E-state index contributed by atoms with van der Waals surface area (Å²) < 4.78 is 10.5. The van der Waals surface area contributed by atoms with Gasteiger partial charge in [-0.25, -0.2) is 4.79 Å².